The Morgan fingerprint density at radius 2 is 1.80 bits per heavy atom. The Hall–Kier alpha value is -3.94. The predicted molar refractivity (Wildman–Crippen MR) is 217 cm³/mol. The molecule has 0 amide bonds. The highest BCUT2D eigenvalue weighted by Gasteiger charge is 2.52. The van der Waals surface area contributed by atoms with Gasteiger partial charge in [0, 0.05) is 59.4 Å². The largest absolute Gasteiger partial charge is 0.504 e. The van der Waals surface area contributed by atoms with Gasteiger partial charge in [-0.3, -0.25) is 0 Å². The van der Waals surface area contributed by atoms with Crippen molar-refractivity contribution in [2.75, 3.05) is 6.54 Å². The molecule has 2 aromatic rings. The molecule has 0 saturated heterocycles. The third kappa shape index (κ3) is 7.46. The number of hydrogen-bond donors (Lipinski definition) is 8. The van der Waals surface area contributed by atoms with Crippen LogP contribution in [0.5, 0.6) is 11.5 Å². The monoisotopic (exact) mass is 763 g/mol. The third-order valence-electron chi connectivity index (χ3n) is 14.2. The quantitative estimate of drug-likeness (QED) is 0.123. The van der Waals surface area contributed by atoms with Crippen LogP contribution in [0.25, 0.3) is 0 Å². The zero-order valence-electron chi connectivity index (χ0n) is 32.7. The molecule has 0 bridgehead atoms. The van der Waals surface area contributed by atoms with Gasteiger partial charge in [0.2, 0.25) is 0 Å². The fourth-order valence-corrected chi connectivity index (χ4v) is 11.3. The normalized spacial score (nSPS) is 34.6. The van der Waals surface area contributed by atoms with Gasteiger partial charge in [-0.25, -0.2) is 0 Å². The molecule has 6 aliphatic rings. The van der Waals surface area contributed by atoms with E-state index < -0.39 is 30.5 Å². The molecule has 9 heteroatoms. The van der Waals surface area contributed by atoms with E-state index in [9.17, 15) is 25.5 Å². The van der Waals surface area contributed by atoms with Crippen molar-refractivity contribution in [2.45, 2.75) is 132 Å². The lowest BCUT2D eigenvalue weighted by atomic mass is 9.56. The number of dihydropyridines is 1. The summed E-state index contributed by atoms with van der Waals surface area (Å²) in [5.41, 5.74) is 11.5. The molecule has 11 atom stereocenters. The van der Waals surface area contributed by atoms with Crippen molar-refractivity contribution < 1.29 is 30.3 Å². The minimum Gasteiger partial charge on any atom is -0.504 e. The molecule has 8 rings (SSSR count). The Bertz CT molecular complexity index is 1900. The van der Waals surface area contributed by atoms with E-state index in [0.717, 1.165) is 93.0 Å². The van der Waals surface area contributed by atoms with Crippen molar-refractivity contribution in [2.24, 2.45) is 35.3 Å². The number of nitrogens with one attached hydrogen (secondary N) is 2. The van der Waals surface area contributed by atoms with Gasteiger partial charge in [-0.2, -0.15) is 0 Å². The second-order valence-electron chi connectivity index (χ2n) is 17.5. The number of aromatic hydroxyl groups is 1. The number of ether oxygens (including phenoxy) is 1. The van der Waals surface area contributed by atoms with Crippen LogP contribution in [0.1, 0.15) is 107 Å². The van der Waals surface area contributed by atoms with E-state index in [1.165, 1.54) is 5.57 Å². The van der Waals surface area contributed by atoms with Gasteiger partial charge in [-0.1, -0.05) is 80.7 Å². The van der Waals surface area contributed by atoms with Gasteiger partial charge in [0.25, 0.3) is 0 Å². The number of aromatic nitrogens is 1. The number of aliphatic hydroxyl groups excluding tert-OH is 4. The molecular formula is C47H61N3O6. The highest BCUT2D eigenvalue weighted by Crippen LogP contribution is 2.54. The van der Waals surface area contributed by atoms with Crippen LogP contribution >= 0.6 is 0 Å². The molecule has 300 valence electrons. The van der Waals surface area contributed by atoms with Crippen LogP contribution < -0.4 is 15.8 Å². The number of phenolic OH excluding ortho intramolecular Hbond substituents is 1. The van der Waals surface area contributed by atoms with Crippen LogP contribution in [-0.2, 0) is 11.8 Å². The summed E-state index contributed by atoms with van der Waals surface area (Å²) in [6.45, 7) is 2.76. The topological polar surface area (TPSA) is 164 Å². The van der Waals surface area contributed by atoms with Crippen LogP contribution in [0.2, 0.25) is 0 Å². The number of hydrogen-bond acceptors (Lipinski definition) is 8. The van der Waals surface area contributed by atoms with Crippen LogP contribution in [0.3, 0.4) is 0 Å². The minimum absolute atomic E-state index is 0.0140. The molecule has 0 unspecified atom stereocenters. The first kappa shape index (κ1) is 38.9. The van der Waals surface area contributed by atoms with Gasteiger partial charge in [0.15, 0.2) is 11.5 Å². The van der Waals surface area contributed by atoms with E-state index in [2.05, 4.69) is 47.3 Å². The number of H-pyrrole nitrogens is 1. The standard InChI is InChI=1S/C47H61N3O6/c1-2-28-9-4-5-10-36(51)43-31(13-12-28)23-29-14-15-30-24-38(53)40(27-35(30)34(29)26-39(43)54)56-46-33(16-17-37(52)45(46)55)44(32-18-22-50-42(48)25-32)47(19-6-3-7-20-47)41-11-8-21-49-41/h8,11,16-18,21,23-25,27-28,31,33-34,36-37,39,43-46,49-55H,2-7,9-10,14-15,19-20,22,26,48H2,1H3/t28-,31+,33-,34-,36+,37-,39-,43-,44+,45-,46+/m1/s1. The fourth-order valence-electron chi connectivity index (χ4n) is 11.3. The molecular weight excluding hydrogens is 703 g/mol. The Balaban J connectivity index is 1.18. The molecule has 1 aromatic carbocycles. The van der Waals surface area contributed by atoms with Crippen molar-refractivity contribution >= 4 is 0 Å². The molecule has 2 heterocycles. The average Bonchev–Trinajstić information content (AvgIpc) is 3.70. The van der Waals surface area contributed by atoms with Crippen LogP contribution in [0, 0.1) is 41.4 Å². The molecule has 9 nitrogen and oxygen atoms in total. The number of nitrogens with two attached hydrogens (primary N) is 1. The molecule has 56 heavy (non-hydrogen) atoms. The van der Waals surface area contributed by atoms with Crippen molar-refractivity contribution in [3.8, 4) is 23.3 Å². The van der Waals surface area contributed by atoms with Crippen molar-refractivity contribution in [1.82, 2.24) is 10.3 Å². The van der Waals surface area contributed by atoms with Crippen LogP contribution in [-0.4, -0.2) is 67.6 Å². The summed E-state index contributed by atoms with van der Waals surface area (Å²) in [7, 11) is 0. The SMILES string of the molecule is CC[C@H]1C#C[C@H]2C=C3CCc4cc(O)c(O[C@@H]5[C@H](O)[C@H](O)C=C[C@@H]5[C@H](C5=CCNC(N)=C5)C5(c6ccc[nH]6)CCCCC5)cc4[C@@H]3C[C@@H](O)[C@H]2[C@@H](O)CCCC1. The summed E-state index contributed by atoms with van der Waals surface area (Å²) in [4.78, 5) is 3.56. The maximum atomic E-state index is 11.9. The molecule has 0 radical (unpaired) electrons. The molecule has 9 N–H and O–H groups in total. The lowest BCUT2D eigenvalue weighted by Gasteiger charge is -2.50. The number of aliphatic hydroxyl groups is 4. The highest BCUT2D eigenvalue weighted by molar-refractivity contribution is 5.52. The summed E-state index contributed by atoms with van der Waals surface area (Å²) in [6, 6.07) is 7.89. The highest BCUT2D eigenvalue weighted by atomic mass is 16.5. The maximum absolute atomic E-state index is 11.9. The van der Waals surface area contributed by atoms with E-state index >= 15 is 0 Å². The van der Waals surface area contributed by atoms with Crippen molar-refractivity contribution in [3.05, 3.63) is 94.6 Å². The number of allylic oxidation sites excluding steroid dienone is 4. The Morgan fingerprint density at radius 1 is 0.982 bits per heavy atom. The molecule has 1 aliphatic heterocycles. The first-order chi connectivity index (χ1) is 27.2. The van der Waals surface area contributed by atoms with Gasteiger partial charge in [-0.15, -0.1) is 0 Å². The maximum Gasteiger partial charge on any atom is 0.161 e. The number of fused-ring (bicyclic) bond motifs is 4. The van der Waals surface area contributed by atoms with Crippen molar-refractivity contribution in [1.29, 1.82) is 0 Å². The summed E-state index contributed by atoms with van der Waals surface area (Å²) >= 11 is 0. The number of rotatable bonds is 7. The van der Waals surface area contributed by atoms with Gasteiger partial charge in [0.1, 0.15) is 18.3 Å². The zero-order valence-corrected chi connectivity index (χ0v) is 32.7. The lowest BCUT2D eigenvalue weighted by Crippen LogP contribution is -2.54. The zero-order chi connectivity index (χ0) is 39.0. The number of phenols is 1. The summed E-state index contributed by atoms with van der Waals surface area (Å²) in [5.74, 6) is 6.88. The number of benzene rings is 1. The molecule has 0 spiro atoms. The van der Waals surface area contributed by atoms with E-state index in [4.69, 9.17) is 10.5 Å². The second kappa shape index (κ2) is 16.5. The molecule has 1 saturated carbocycles. The summed E-state index contributed by atoms with van der Waals surface area (Å²) in [6.07, 6.45) is 19.1. The van der Waals surface area contributed by atoms with Crippen molar-refractivity contribution in [3.63, 3.8) is 0 Å². The molecule has 5 aliphatic carbocycles. The van der Waals surface area contributed by atoms with Gasteiger partial charge in [-0.05, 0) is 98.4 Å². The number of aryl methyl sites for hydroxylation is 1. The fraction of sp³-hybridized carbons (Fsp3) is 0.574. The second-order valence-corrected chi connectivity index (χ2v) is 17.5. The Labute approximate surface area is 331 Å². The third-order valence-corrected chi connectivity index (χ3v) is 14.2. The molecule has 1 fully saturated rings. The Morgan fingerprint density at radius 3 is 2.57 bits per heavy atom. The summed E-state index contributed by atoms with van der Waals surface area (Å²) in [5, 5.41) is 61.2. The minimum atomic E-state index is -1.26. The van der Waals surface area contributed by atoms with Gasteiger partial charge >= 0.3 is 0 Å². The smallest absolute Gasteiger partial charge is 0.161 e. The number of aromatic amines is 1. The van der Waals surface area contributed by atoms with Gasteiger partial charge < -0.3 is 46.3 Å². The average molecular weight is 764 g/mol. The van der Waals surface area contributed by atoms with Gasteiger partial charge in [0.05, 0.1) is 18.0 Å². The first-order valence-corrected chi connectivity index (χ1v) is 21.4. The van der Waals surface area contributed by atoms with E-state index in [0.29, 0.717) is 31.1 Å². The van der Waals surface area contributed by atoms with E-state index in [-0.39, 0.29) is 46.5 Å². The first-order valence-electron chi connectivity index (χ1n) is 21.4. The lowest BCUT2D eigenvalue weighted by molar-refractivity contribution is -0.0685. The predicted octanol–water partition coefficient (Wildman–Crippen LogP) is 6.14. The molecule has 1 aromatic heterocycles. The Kier molecular flexibility index (Phi) is 11.5. The summed E-state index contributed by atoms with van der Waals surface area (Å²) < 4.78 is 6.87. The van der Waals surface area contributed by atoms with Crippen LogP contribution in [0.4, 0.5) is 0 Å². The van der Waals surface area contributed by atoms with E-state index in [1.54, 1.807) is 12.1 Å². The van der Waals surface area contributed by atoms with E-state index in [1.807, 2.05) is 30.5 Å². The van der Waals surface area contributed by atoms with Crippen LogP contribution in [0.15, 0.2) is 77.8 Å².